The fourth-order valence-corrected chi connectivity index (χ4v) is 4.04. The molecule has 0 saturated carbocycles. The molecule has 1 aromatic carbocycles. The third-order valence-electron chi connectivity index (χ3n) is 5.68. The molecular formula is C22H25ClN6O4. The van der Waals surface area contributed by atoms with E-state index in [2.05, 4.69) is 20.5 Å². The van der Waals surface area contributed by atoms with E-state index in [9.17, 15) is 14.4 Å². The second-order valence-corrected chi connectivity index (χ2v) is 8.42. The summed E-state index contributed by atoms with van der Waals surface area (Å²) in [5.41, 5.74) is 1.49. The summed E-state index contributed by atoms with van der Waals surface area (Å²) in [6, 6.07) is 9.92. The number of amides is 3. The molecule has 10 nitrogen and oxygen atoms in total. The van der Waals surface area contributed by atoms with Crippen molar-refractivity contribution in [2.75, 3.05) is 26.7 Å². The number of aromatic amines is 2. The van der Waals surface area contributed by atoms with Crippen LogP contribution in [0, 0.1) is 0 Å². The number of fused-ring (bicyclic) bond motifs is 1. The first kappa shape index (κ1) is 22.7. The van der Waals surface area contributed by atoms with E-state index in [0.29, 0.717) is 24.7 Å². The summed E-state index contributed by atoms with van der Waals surface area (Å²) in [6.07, 6.45) is 1.59. The molecular weight excluding hydrogens is 448 g/mol. The van der Waals surface area contributed by atoms with Gasteiger partial charge in [-0.15, -0.1) is 5.10 Å². The van der Waals surface area contributed by atoms with Crippen molar-refractivity contribution in [3.63, 3.8) is 0 Å². The van der Waals surface area contributed by atoms with E-state index in [1.54, 1.807) is 16.8 Å². The zero-order chi connectivity index (χ0) is 23.4. The number of halogens is 1. The molecule has 3 heterocycles. The lowest BCUT2D eigenvalue weighted by Crippen LogP contribution is -2.53. The molecule has 0 bridgehead atoms. The van der Waals surface area contributed by atoms with Crippen LogP contribution in [0.1, 0.15) is 18.5 Å². The molecule has 3 N–H and O–H groups in total. The average molecular weight is 473 g/mol. The fraction of sp³-hybridized carbons (Fsp3) is 0.364. The van der Waals surface area contributed by atoms with Gasteiger partial charge in [0.05, 0.1) is 12.6 Å². The van der Waals surface area contributed by atoms with Crippen LogP contribution in [0.25, 0.3) is 10.9 Å². The van der Waals surface area contributed by atoms with E-state index in [4.69, 9.17) is 16.3 Å². The lowest BCUT2D eigenvalue weighted by Gasteiger charge is -2.37. The number of nitrogens with one attached hydrogen (secondary N) is 3. The highest BCUT2D eigenvalue weighted by Crippen LogP contribution is 2.20. The Kier molecular flexibility index (Phi) is 6.83. The van der Waals surface area contributed by atoms with Crippen molar-refractivity contribution in [1.29, 1.82) is 0 Å². The van der Waals surface area contributed by atoms with Crippen LogP contribution in [0.2, 0.25) is 5.02 Å². The van der Waals surface area contributed by atoms with Crippen molar-refractivity contribution in [3.8, 4) is 5.88 Å². The third-order valence-corrected chi connectivity index (χ3v) is 5.92. The highest BCUT2D eigenvalue weighted by Gasteiger charge is 2.28. The number of carbonyl (C=O) groups is 2. The summed E-state index contributed by atoms with van der Waals surface area (Å²) in [6.45, 7) is 1.19. The van der Waals surface area contributed by atoms with E-state index in [1.165, 1.54) is 12.1 Å². The molecule has 1 aliphatic rings. The van der Waals surface area contributed by atoms with Crippen LogP contribution in [-0.4, -0.2) is 69.7 Å². The highest BCUT2D eigenvalue weighted by molar-refractivity contribution is 6.31. The molecule has 4 rings (SSSR count). The number of hydrogen-bond acceptors (Lipinski definition) is 5. The summed E-state index contributed by atoms with van der Waals surface area (Å²) in [5, 5.41) is 10.6. The number of carbonyl (C=O) groups excluding carboxylic acids is 2. The molecule has 11 heteroatoms. The molecule has 1 saturated heterocycles. The van der Waals surface area contributed by atoms with Gasteiger partial charge in [-0.3, -0.25) is 9.59 Å². The Morgan fingerprint density at radius 3 is 2.94 bits per heavy atom. The van der Waals surface area contributed by atoms with Gasteiger partial charge in [-0.2, -0.15) is 0 Å². The van der Waals surface area contributed by atoms with E-state index in [1.807, 2.05) is 24.3 Å². The van der Waals surface area contributed by atoms with Crippen LogP contribution < -0.4 is 15.6 Å². The Hall–Kier alpha value is -3.53. The van der Waals surface area contributed by atoms with Crippen molar-refractivity contribution >= 4 is 34.4 Å². The van der Waals surface area contributed by atoms with Crippen molar-refractivity contribution in [2.45, 2.75) is 25.4 Å². The summed E-state index contributed by atoms with van der Waals surface area (Å²) >= 11 is 6.03. The molecule has 1 atom stereocenters. The third kappa shape index (κ3) is 5.64. The zero-order valence-electron chi connectivity index (χ0n) is 18.1. The minimum absolute atomic E-state index is 0.101. The number of benzene rings is 1. The molecule has 0 spiro atoms. The standard InChI is InChI=1S/C22H25ClN6O4/c1-28(22(32)24-11-16-10-14-9-15(23)4-5-18(14)25-16)17-3-2-8-29(12-17)21(31)13-33-20-7-6-19(30)26-27-20/h4-7,9-10,17,25H,2-3,8,11-13H2,1H3,(H,24,32)(H,26,30)/t17-/m1/s1. The maximum absolute atomic E-state index is 12.7. The Balaban J connectivity index is 1.28. The molecule has 174 valence electrons. The molecule has 0 aliphatic carbocycles. The second-order valence-electron chi connectivity index (χ2n) is 7.98. The van der Waals surface area contributed by atoms with Crippen molar-refractivity contribution in [3.05, 3.63) is 57.5 Å². The molecule has 33 heavy (non-hydrogen) atoms. The number of urea groups is 1. The predicted molar refractivity (Wildman–Crippen MR) is 123 cm³/mol. The van der Waals surface area contributed by atoms with Crippen LogP contribution in [0.5, 0.6) is 5.88 Å². The number of hydrogen-bond donors (Lipinski definition) is 3. The van der Waals surface area contributed by atoms with Crippen molar-refractivity contribution in [1.82, 2.24) is 30.3 Å². The van der Waals surface area contributed by atoms with Crippen molar-refractivity contribution < 1.29 is 14.3 Å². The number of aromatic nitrogens is 3. The van der Waals surface area contributed by atoms with Crippen LogP contribution >= 0.6 is 11.6 Å². The molecule has 1 fully saturated rings. The smallest absolute Gasteiger partial charge is 0.317 e. The molecule has 0 radical (unpaired) electrons. The van der Waals surface area contributed by atoms with E-state index in [0.717, 1.165) is 29.4 Å². The van der Waals surface area contributed by atoms with Crippen molar-refractivity contribution in [2.24, 2.45) is 0 Å². The Bertz CT molecular complexity index is 1190. The van der Waals surface area contributed by atoms with Crippen LogP contribution in [0.3, 0.4) is 0 Å². The number of nitrogens with zero attached hydrogens (tertiary/aromatic N) is 3. The molecule has 3 amide bonds. The fourth-order valence-electron chi connectivity index (χ4n) is 3.86. The van der Waals surface area contributed by atoms with Crippen LogP contribution in [0.15, 0.2) is 41.2 Å². The lowest BCUT2D eigenvalue weighted by molar-refractivity contribution is -0.135. The van der Waals surface area contributed by atoms with Gasteiger partial charge < -0.3 is 24.8 Å². The lowest BCUT2D eigenvalue weighted by atomic mass is 10.0. The normalized spacial score (nSPS) is 15.9. The minimum Gasteiger partial charge on any atom is -0.467 e. The average Bonchev–Trinajstić information content (AvgIpc) is 3.23. The van der Waals surface area contributed by atoms with Crippen LogP contribution in [0.4, 0.5) is 4.79 Å². The van der Waals surface area contributed by atoms with Gasteiger partial charge in [0, 0.05) is 53.9 Å². The zero-order valence-corrected chi connectivity index (χ0v) is 18.9. The summed E-state index contributed by atoms with van der Waals surface area (Å²) in [7, 11) is 1.74. The first-order chi connectivity index (χ1) is 15.9. The Morgan fingerprint density at radius 1 is 1.30 bits per heavy atom. The first-order valence-corrected chi connectivity index (χ1v) is 11.0. The Labute approximate surface area is 194 Å². The van der Waals surface area contributed by atoms with E-state index < -0.39 is 0 Å². The topological polar surface area (TPSA) is 123 Å². The second kappa shape index (κ2) is 9.95. The van der Waals surface area contributed by atoms with Gasteiger partial charge in [0.2, 0.25) is 5.88 Å². The van der Waals surface area contributed by atoms with Gasteiger partial charge in [0.1, 0.15) is 0 Å². The number of piperidine rings is 1. The highest BCUT2D eigenvalue weighted by atomic mass is 35.5. The largest absolute Gasteiger partial charge is 0.467 e. The molecule has 1 aliphatic heterocycles. The van der Waals surface area contributed by atoms with Gasteiger partial charge in [0.15, 0.2) is 6.61 Å². The summed E-state index contributed by atoms with van der Waals surface area (Å²) in [5.74, 6) is -0.0227. The van der Waals surface area contributed by atoms with Crippen LogP contribution in [-0.2, 0) is 11.3 Å². The number of likely N-dealkylation sites (N-methyl/N-ethyl adjacent to an activating group) is 1. The van der Waals surface area contributed by atoms with Gasteiger partial charge in [0.25, 0.3) is 11.5 Å². The molecule has 2 aromatic heterocycles. The SMILES string of the molecule is CN(C(=O)NCc1cc2cc(Cl)ccc2[nH]1)[C@@H]1CCCN(C(=O)COc2ccc(=O)[nH]n2)C1. The van der Waals surface area contributed by atoms with E-state index in [-0.39, 0.29) is 36.0 Å². The minimum atomic E-state index is -0.345. The Morgan fingerprint density at radius 2 is 2.15 bits per heavy atom. The van der Waals surface area contributed by atoms with Gasteiger partial charge in [-0.25, -0.2) is 9.89 Å². The number of likely N-dealkylation sites (tertiary alicyclic amines) is 1. The van der Waals surface area contributed by atoms with Gasteiger partial charge in [-0.05, 0) is 37.1 Å². The number of ether oxygens (including phenoxy) is 1. The monoisotopic (exact) mass is 472 g/mol. The van der Waals surface area contributed by atoms with Gasteiger partial charge >= 0.3 is 6.03 Å². The molecule has 0 unspecified atom stereocenters. The van der Waals surface area contributed by atoms with E-state index >= 15 is 0 Å². The summed E-state index contributed by atoms with van der Waals surface area (Å²) in [4.78, 5) is 42.9. The maximum atomic E-state index is 12.7. The summed E-state index contributed by atoms with van der Waals surface area (Å²) < 4.78 is 5.36. The van der Waals surface area contributed by atoms with Gasteiger partial charge in [-0.1, -0.05) is 11.6 Å². The quantitative estimate of drug-likeness (QED) is 0.507. The maximum Gasteiger partial charge on any atom is 0.317 e. The number of H-pyrrole nitrogens is 2. The molecule has 3 aromatic rings. The first-order valence-electron chi connectivity index (χ1n) is 10.6. The predicted octanol–water partition coefficient (Wildman–Crippen LogP) is 2.12. The number of rotatable bonds is 6.